The molecule has 0 atom stereocenters. The van der Waals surface area contributed by atoms with Crippen molar-refractivity contribution >= 4 is 17.5 Å². The number of ether oxygens (including phenoxy) is 1. The standard InChI is InChI=1S/C16H21N3O2S/c1-10-6-14(7-11(2)16(10)21-13(4)20)8-19(5)9-15-12(3)17-18-22-15/h6-7H,8-9H2,1-5H3. The molecule has 0 fully saturated rings. The third-order valence-electron chi connectivity index (χ3n) is 3.38. The smallest absolute Gasteiger partial charge is 0.308 e. The summed E-state index contributed by atoms with van der Waals surface area (Å²) < 4.78 is 9.24. The molecule has 118 valence electrons. The van der Waals surface area contributed by atoms with Crippen LogP contribution in [0.1, 0.15) is 34.2 Å². The third-order valence-corrected chi connectivity index (χ3v) is 4.19. The van der Waals surface area contributed by atoms with Gasteiger partial charge in [0.1, 0.15) is 5.75 Å². The van der Waals surface area contributed by atoms with Crippen LogP contribution >= 0.6 is 11.5 Å². The normalized spacial score (nSPS) is 11.0. The molecular weight excluding hydrogens is 298 g/mol. The summed E-state index contributed by atoms with van der Waals surface area (Å²) in [6.45, 7) is 8.98. The van der Waals surface area contributed by atoms with Gasteiger partial charge in [0.05, 0.1) is 10.6 Å². The second kappa shape index (κ2) is 6.98. The number of hydrogen-bond donors (Lipinski definition) is 0. The van der Waals surface area contributed by atoms with Crippen LogP contribution in [0.5, 0.6) is 5.75 Å². The molecule has 0 unspecified atom stereocenters. The number of benzene rings is 1. The summed E-state index contributed by atoms with van der Waals surface area (Å²) in [7, 11) is 2.07. The summed E-state index contributed by atoms with van der Waals surface area (Å²) >= 11 is 1.44. The maximum absolute atomic E-state index is 11.1. The van der Waals surface area contributed by atoms with Gasteiger partial charge in [-0.3, -0.25) is 9.69 Å². The van der Waals surface area contributed by atoms with Crippen LogP contribution in [0.15, 0.2) is 12.1 Å². The van der Waals surface area contributed by atoms with Crippen molar-refractivity contribution in [2.24, 2.45) is 0 Å². The summed E-state index contributed by atoms with van der Waals surface area (Å²) in [6.07, 6.45) is 0. The maximum atomic E-state index is 11.1. The Hall–Kier alpha value is -1.79. The van der Waals surface area contributed by atoms with Crippen LogP contribution in [-0.4, -0.2) is 27.5 Å². The average molecular weight is 319 g/mol. The van der Waals surface area contributed by atoms with Crippen LogP contribution in [-0.2, 0) is 17.9 Å². The highest BCUT2D eigenvalue weighted by Gasteiger charge is 2.11. The van der Waals surface area contributed by atoms with Gasteiger partial charge < -0.3 is 4.74 Å². The van der Waals surface area contributed by atoms with Crippen molar-refractivity contribution in [2.75, 3.05) is 7.05 Å². The van der Waals surface area contributed by atoms with E-state index in [1.54, 1.807) is 0 Å². The van der Waals surface area contributed by atoms with E-state index >= 15 is 0 Å². The average Bonchev–Trinajstić information content (AvgIpc) is 2.79. The highest BCUT2D eigenvalue weighted by Crippen LogP contribution is 2.26. The summed E-state index contributed by atoms with van der Waals surface area (Å²) in [5, 5.41) is 4.04. The van der Waals surface area contributed by atoms with Crippen molar-refractivity contribution in [3.63, 3.8) is 0 Å². The molecule has 5 nitrogen and oxygen atoms in total. The fraction of sp³-hybridized carbons (Fsp3) is 0.438. The second-order valence-electron chi connectivity index (χ2n) is 5.61. The molecule has 0 spiro atoms. The van der Waals surface area contributed by atoms with Gasteiger partial charge in [-0.2, -0.15) is 0 Å². The van der Waals surface area contributed by atoms with Gasteiger partial charge in [0.2, 0.25) is 0 Å². The maximum Gasteiger partial charge on any atom is 0.308 e. The Morgan fingerprint density at radius 3 is 2.36 bits per heavy atom. The predicted octanol–water partition coefficient (Wildman–Crippen LogP) is 3.02. The first-order valence-corrected chi connectivity index (χ1v) is 7.89. The lowest BCUT2D eigenvalue weighted by Crippen LogP contribution is -2.17. The molecule has 22 heavy (non-hydrogen) atoms. The van der Waals surface area contributed by atoms with Gasteiger partial charge in [0.25, 0.3) is 0 Å². The predicted molar refractivity (Wildman–Crippen MR) is 87.0 cm³/mol. The number of hydrogen-bond acceptors (Lipinski definition) is 6. The summed E-state index contributed by atoms with van der Waals surface area (Å²) in [6, 6.07) is 4.14. The summed E-state index contributed by atoms with van der Waals surface area (Å²) in [5.41, 5.74) is 4.15. The minimum Gasteiger partial charge on any atom is -0.426 e. The molecule has 2 aromatic rings. The number of aromatic nitrogens is 2. The highest BCUT2D eigenvalue weighted by molar-refractivity contribution is 7.05. The van der Waals surface area contributed by atoms with Crippen LogP contribution in [0.2, 0.25) is 0 Å². The number of aryl methyl sites for hydroxylation is 3. The van der Waals surface area contributed by atoms with Crippen molar-refractivity contribution in [3.8, 4) is 5.75 Å². The lowest BCUT2D eigenvalue weighted by atomic mass is 10.1. The Labute approximate surface area is 135 Å². The molecule has 0 aliphatic rings. The Morgan fingerprint density at radius 2 is 1.86 bits per heavy atom. The Bertz CT molecular complexity index is 659. The van der Waals surface area contributed by atoms with Gasteiger partial charge in [-0.25, -0.2) is 0 Å². The van der Waals surface area contributed by atoms with Gasteiger partial charge in [0.15, 0.2) is 0 Å². The second-order valence-corrected chi connectivity index (χ2v) is 6.44. The van der Waals surface area contributed by atoms with Crippen LogP contribution in [0, 0.1) is 20.8 Å². The zero-order valence-corrected chi connectivity index (χ0v) is 14.5. The van der Waals surface area contributed by atoms with Crippen molar-refractivity contribution in [1.29, 1.82) is 0 Å². The van der Waals surface area contributed by atoms with E-state index in [9.17, 15) is 4.79 Å². The number of esters is 1. The van der Waals surface area contributed by atoms with Crippen molar-refractivity contribution in [1.82, 2.24) is 14.5 Å². The third kappa shape index (κ3) is 4.11. The molecule has 0 bridgehead atoms. The molecule has 1 aromatic heterocycles. The molecule has 0 amide bonds. The van der Waals surface area contributed by atoms with Crippen molar-refractivity contribution in [2.45, 2.75) is 40.8 Å². The first kappa shape index (κ1) is 16.6. The Balaban J connectivity index is 2.10. The number of rotatable bonds is 5. The summed E-state index contributed by atoms with van der Waals surface area (Å²) in [5.74, 6) is 0.380. The fourth-order valence-corrected chi connectivity index (χ4v) is 3.16. The number of carbonyl (C=O) groups is 1. The molecule has 2 rings (SSSR count). The minimum atomic E-state index is -0.288. The van der Waals surface area contributed by atoms with E-state index in [1.807, 2.05) is 20.8 Å². The molecule has 0 aliphatic heterocycles. The molecule has 0 radical (unpaired) electrons. The molecule has 1 aromatic carbocycles. The van der Waals surface area contributed by atoms with E-state index in [0.717, 1.165) is 29.9 Å². The van der Waals surface area contributed by atoms with E-state index < -0.39 is 0 Å². The monoisotopic (exact) mass is 319 g/mol. The van der Waals surface area contributed by atoms with Gasteiger partial charge in [-0.15, -0.1) is 5.10 Å². The van der Waals surface area contributed by atoms with Crippen LogP contribution in [0.3, 0.4) is 0 Å². The zero-order valence-electron chi connectivity index (χ0n) is 13.6. The SMILES string of the molecule is CC(=O)Oc1c(C)cc(CN(C)Cc2snnc2C)cc1C. The molecule has 0 aliphatic carbocycles. The topological polar surface area (TPSA) is 55.3 Å². The molecular formula is C16H21N3O2S. The van der Waals surface area contributed by atoms with Gasteiger partial charge in [0, 0.05) is 20.0 Å². The lowest BCUT2D eigenvalue weighted by Gasteiger charge is -2.18. The molecule has 0 saturated carbocycles. The largest absolute Gasteiger partial charge is 0.426 e. The minimum absolute atomic E-state index is 0.288. The van der Waals surface area contributed by atoms with Gasteiger partial charge in [-0.1, -0.05) is 16.6 Å². The molecule has 1 heterocycles. The van der Waals surface area contributed by atoms with Crippen LogP contribution in [0.4, 0.5) is 0 Å². The highest BCUT2D eigenvalue weighted by atomic mass is 32.1. The Kier molecular flexibility index (Phi) is 5.26. The lowest BCUT2D eigenvalue weighted by molar-refractivity contribution is -0.131. The molecule has 0 N–H and O–H groups in total. The first-order chi connectivity index (χ1) is 10.4. The quantitative estimate of drug-likeness (QED) is 0.626. The van der Waals surface area contributed by atoms with Crippen molar-refractivity contribution < 1.29 is 9.53 Å². The Morgan fingerprint density at radius 1 is 1.23 bits per heavy atom. The van der Waals surface area contributed by atoms with E-state index in [4.69, 9.17) is 4.74 Å². The molecule has 6 heteroatoms. The number of nitrogens with zero attached hydrogens (tertiary/aromatic N) is 3. The zero-order chi connectivity index (χ0) is 16.3. The van der Waals surface area contributed by atoms with Crippen LogP contribution in [0.25, 0.3) is 0 Å². The number of carbonyl (C=O) groups excluding carboxylic acids is 1. The fourth-order valence-electron chi connectivity index (χ4n) is 2.44. The van der Waals surface area contributed by atoms with Gasteiger partial charge in [-0.05, 0) is 56.0 Å². The van der Waals surface area contributed by atoms with E-state index in [2.05, 4.69) is 33.7 Å². The first-order valence-electron chi connectivity index (χ1n) is 7.11. The van der Waals surface area contributed by atoms with E-state index in [-0.39, 0.29) is 5.97 Å². The van der Waals surface area contributed by atoms with Crippen LogP contribution < -0.4 is 4.74 Å². The van der Waals surface area contributed by atoms with E-state index in [1.165, 1.54) is 28.9 Å². The van der Waals surface area contributed by atoms with E-state index in [0.29, 0.717) is 5.75 Å². The van der Waals surface area contributed by atoms with Crippen molar-refractivity contribution in [3.05, 3.63) is 39.4 Å². The molecule has 0 saturated heterocycles. The summed E-state index contributed by atoms with van der Waals surface area (Å²) in [4.78, 5) is 14.6. The van der Waals surface area contributed by atoms with Gasteiger partial charge >= 0.3 is 5.97 Å².